The summed E-state index contributed by atoms with van der Waals surface area (Å²) in [6.07, 6.45) is 2.96. The van der Waals surface area contributed by atoms with Crippen LogP contribution in [0.25, 0.3) is 11.1 Å². The maximum Gasteiger partial charge on any atom is 0.137 e. The Bertz CT molecular complexity index is 807. The molecule has 0 fully saturated rings. The Labute approximate surface area is 168 Å². The second kappa shape index (κ2) is 8.80. The summed E-state index contributed by atoms with van der Waals surface area (Å²) >= 11 is 7.44. The van der Waals surface area contributed by atoms with Gasteiger partial charge in [0, 0.05) is 23.0 Å². The smallest absolute Gasteiger partial charge is 0.137 e. The molecule has 0 bridgehead atoms. The molecule has 3 rings (SSSR count). The number of rotatable bonds is 7. The zero-order chi connectivity index (χ0) is 19.6. The molecule has 146 valence electrons. The molecule has 2 aromatic carbocycles. The molecule has 0 radical (unpaired) electrons. The molecule has 27 heavy (non-hydrogen) atoms. The van der Waals surface area contributed by atoms with E-state index < -0.39 is 11.6 Å². The highest BCUT2D eigenvalue weighted by atomic mass is 35.5. The second-order valence-corrected chi connectivity index (χ2v) is 8.32. The number of unbranched alkanes of at least 4 members (excludes halogenated alkanes) is 1. The number of hydrogen-bond acceptors (Lipinski definition) is 3. The van der Waals surface area contributed by atoms with Gasteiger partial charge in [-0.1, -0.05) is 31.9 Å². The predicted molar refractivity (Wildman–Crippen MR) is 109 cm³/mol. The Hall–Kier alpha value is -1.30. The molecule has 0 aliphatic carbocycles. The van der Waals surface area contributed by atoms with Crippen LogP contribution >= 0.6 is 23.4 Å². The normalized spacial score (nSPS) is 18.4. The minimum absolute atomic E-state index is 0.00862. The van der Waals surface area contributed by atoms with Crippen molar-refractivity contribution >= 4 is 23.4 Å². The largest absolute Gasteiger partial charge is 0.488 e. The number of halogens is 3. The van der Waals surface area contributed by atoms with Crippen molar-refractivity contribution in [2.24, 2.45) is 5.73 Å². The molecular weight excluding hydrogens is 388 g/mol. The van der Waals surface area contributed by atoms with Gasteiger partial charge in [-0.05, 0) is 48.4 Å². The van der Waals surface area contributed by atoms with Gasteiger partial charge in [0.15, 0.2) is 0 Å². The lowest BCUT2D eigenvalue weighted by molar-refractivity contribution is 0.199. The van der Waals surface area contributed by atoms with Crippen LogP contribution < -0.4 is 10.5 Å². The first kappa shape index (κ1) is 20.4. The van der Waals surface area contributed by atoms with E-state index >= 15 is 0 Å². The number of ether oxygens (including phenoxy) is 1. The van der Waals surface area contributed by atoms with Gasteiger partial charge in [0.2, 0.25) is 0 Å². The molecule has 2 atom stereocenters. The van der Waals surface area contributed by atoms with Crippen molar-refractivity contribution in [1.29, 1.82) is 0 Å². The van der Waals surface area contributed by atoms with Gasteiger partial charge in [0.25, 0.3) is 0 Å². The molecule has 6 heteroatoms. The van der Waals surface area contributed by atoms with E-state index in [2.05, 4.69) is 13.8 Å². The fraction of sp³-hybridized carbons (Fsp3) is 0.429. The first-order valence-electron chi connectivity index (χ1n) is 9.32. The van der Waals surface area contributed by atoms with Gasteiger partial charge in [0.05, 0.1) is 10.5 Å². The first-order valence-corrected chi connectivity index (χ1v) is 10.7. The summed E-state index contributed by atoms with van der Waals surface area (Å²) in [7, 11) is 0. The van der Waals surface area contributed by atoms with Gasteiger partial charge in [-0.2, -0.15) is 0 Å². The van der Waals surface area contributed by atoms with E-state index in [1.165, 1.54) is 0 Å². The fourth-order valence-corrected chi connectivity index (χ4v) is 4.85. The highest BCUT2D eigenvalue weighted by Gasteiger charge is 2.35. The summed E-state index contributed by atoms with van der Waals surface area (Å²) in [6.45, 7) is 4.62. The highest BCUT2D eigenvalue weighted by molar-refractivity contribution is 7.99. The van der Waals surface area contributed by atoms with E-state index in [4.69, 9.17) is 22.1 Å². The second-order valence-electron chi connectivity index (χ2n) is 6.75. The maximum atomic E-state index is 14.5. The first-order chi connectivity index (χ1) is 13.0. The third kappa shape index (κ3) is 4.10. The zero-order valence-electron chi connectivity index (χ0n) is 15.5. The molecule has 0 saturated carbocycles. The molecule has 0 aromatic heterocycles. The van der Waals surface area contributed by atoms with Crippen LogP contribution in [0.1, 0.15) is 44.6 Å². The summed E-state index contributed by atoms with van der Waals surface area (Å²) in [5.41, 5.74) is 7.38. The molecular formula is C21H24ClF2NOS. The van der Waals surface area contributed by atoms with E-state index in [1.807, 2.05) is 12.1 Å². The Morgan fingerprint density at radius 3 is 2.44 bits per heavy atom. The van der Waals surface area contributed by atoms with Gasteiger partial charge in [-0.25, -0.2) is 8.78 Å². The molecule has 0 saturated heterocycles. The van der Waals surface area contributed by atoms with Crippen molar-refractivity contribution in [3.8, 4) is 16.9 Å². The van der Waals surface area contributed by atoms with Crippen LogP contribution in [0.3, 0.4) is 0 Å². The van der Waals surface area contributed by atoms with Gasteiger partial charge in [0.1, 0.15) is 23.5 Å². The Balaban J connectivity index is 2.13. The zero-order valence-corrected chi connectivity index (χ0v) is 17.1. The lowest BCUT2D eigenvalue weighted by atomic mass is 9.91. The Morgan fingerprint density at radius 2 is 1.85 bits per heavy atom. The fourth-order valence-electron chi connectivity index (χ4n) is 3.50. The lowest BCUT2D eigenvalue weighted by Crippen LogP contribution is -2.24. The van der Waals surface area contributed by atoms with Gasteiger partial charge in [-0.3, -0.25) is 0 Å². The Morgan fingerprint density at radius 1 is 1.15 bits per heavy atom. The van der Waals surface area contributed by atoms with Crippen molar-refractivity contribution in [3.05, 3.63) is 46.5 Å². The minimum Gasteiger partial charge on any atom is -0.488 e. The molecule has 0 unspecified atom stereocenters. The van der Waals surface area contributed by atoms with Crippen molar-refractivity contribution in [1.82, 2.24) is 0 Å². The minimum atomic E-state index is -0.667. The molecule has 2 nitrogen and oxygen atoms in total. The average Bonchev–Trinajstić information content (AvgIpc) is 2.99. The number of nitrogens with two attached hydrogens (primary N) is 1. The van der Waals surface area contributed by atoms with E-state index in [-0.39, 0.29) is 22.6 Å². The summed E-state index contributed by atoms with van der Waals surface area (Å²) in [5, 5.41) is 0.0432. The van der Waals surface area contributed by atoms with Crippen LogP contribution in [0.2, 0.25) is 5.02 Å². The van der Waals surface area contributed by atoms with E-state index in [9.17, 15) is 8.78 Å². The average molecular weight is 412 g/mol. The summed E-state index contributed by atoms with van der Waals surface area (Å²) in [6, 6.07) is 5.92. The maximum absolute atomic E-state index is 14.5. The van der Waals surface area contributed by atoms with Crippen molar-refractivity contribution < 1.29 is 13.5 Å². The third-order valence-electron chi connectivity index (χ3n) is 4.91. The topological polar surface area (TPSA) is 35.2 Å². The highest BCUT2D eigenvalue weighted by Crippen LogP contribution is 2.47. The molecule has 2 N–H and O–H groups in total. The molecule has 2 aromatic rings. The number of thioether (sulfide) groups is 1. The molecule has 1 aliphatic heterocycles. The van der Waals surface area contributed by atoms with Crippen molar-refractivity contribution in [2.45, 2.75) is 50.0 Å². The third-order valence-corrected chi connectivity index (χ3v) is 6.23. The molecule has 1 heterocycles. The quantitative estimate of drug-likeness (QED) is 0.423. The van der Waals surface area contributed by atoms with Crippen LogP contribution in [0.4, 0.5) is 8.78 Å². The van der Waals surface area contributed by atoms with Crippen LogP contribution in [-0.4, -0.2) is 18.4 Å². The predicted octanol–water partition coefficient (Wildman–Crippen LogP) is 6.39. The van der Waals surface area contributed by atoms with Crippen molar-refractivity contribution in [3.63, 3.8) is 0 Å². The number of fused-ring (bicyclic) bond motifs is 1. The standard InChI is InChI=1S/C21H24ClF2NOS/c1-3-5-6-27-19-8-12(20-16(23)9-13(22)10-17(20)24)7-14-15(11-25)18(4-2)26-21(14)19/h7-10,15,18H,3-6,11,25H2,1-2H3/t15-,18-/m0/s1. The lowest BCUT2D eigenvalue weighted by Gasteiger charge is -2.15. The summed E-state index contributed by atoms with van der Waals surface area (Å²) in [4.78, 5) is 0.916. The van der Waals surface area contributed by atoms with Gasteiger partial charge >= 0.3 is 0 Å². The summed E-state index contributed by atoms with van der Waals surface area (Å²) in [5.74, 6) is 0.427. The van der Waals surface area contributed by atoms with E-state index in [0.29, 0.717) is 12.1 Å². The van der Waals surface area contributed by atoms with Gasteiger partial charge < -0.3 is 10.5 Å². The molecule has 1 aliphatic rings. The monoisotopic (exact) mass is 411 g/mol. The Kier molecular flexibility index (Phi) is 6.66. The van der Waals surface area contributed by atoms with E-state index in [0.717, 1.165) is 53.4 Å². The van der Waals surface area contributed by atoms with Crippen LogP contribution in [-0.2, 0) is 0 Å². The summed E-state index contributed by atoms with van der Waals surface area (Å²) < 4.78 is 35.2. The number of benzene rings is 2. The van der Waals surface area contributed by atoms with Gasteiger partial charge in [-0.15, -0.1) is 11.8 Å². The SMILES string of the molecule is CCCCSc1cc(-c2c(F)cc(Cl)cc2F)cc2c1O[C@@H](CC)[C@H]2CN. The van der Waals surface area contributed by atoms with Crippen LogP contribution in [0, 0.1) is 11.6 Å². The van der Waals surface area contributed by atoms with Crippen molar-refractivity contribution in [2.75, 3.05) is 12.3 Å². The molecule has 0 amide bonds. The van der Waals surface area contributed by atoms with Crippen LogP contribution in [0.5, 0.6) is 5.75 Å². The van der Waals surface area contributed by atoms with E-state index in [1.54, 1.807) is 11.8 Å². The van der Waals surface area contributed by atoms with Crippen LogP contribution in [0.15, 0.2) is 29.2 Å². The number of hydrogen-bond donors (Lipinski definition) is 1. The molecule has 0 spiro atoms.